The zero-order chi connectivity index (χ0) is 14.6. The highest BCUT2D eigenvalue weighted by atomic mass is 16.1. The Kier molecular flexibility index (Phi) is 5.33. The van der Waals surface area contributed by atoms with Crippen molar-refractivity contribution in [1.82, 2.24) is 9.78 Å². The predicted octanol–water partition coefficient (Wildman–Crippen LogP) is 3.56. The minimum absolute atomic E-state index is 0.293. The lowest BCUT2D eigenvalue weighted by atomic mass is 9.83. The van der Waals surface area contributed by atoms with Crippen molar-refractivity contribution in [1.29, 1.82) is 0 Å². The summed E-state index contributed by atoms with van der Waals surface area (Å²) in [6.07, 6.45) is 3.19. The first-order valence-corrected chi connectivity index (χ1v) is 7.24. The van der Waals surface area contributed by atoms with E-state index in [9.17, 15) is 4.79 Å². The molecule has 0 spiro atoms. The molecule has 1 rings (SSSR count). The molecule has 1 aromatic heterocycles. The first kappa shape index (κ1) is 15.9. The maximum atomic E-state index is 12.1. The van der Waals surface area contributed by atoms with E-state index in [4.69, 9.17) is 0 Å². The van der Waals surface area contributed by atoms with Gasteiger partial charge in [0, 0.05) is 25.6 Å². The molecule has 1 heterocycles. The fourth-order valence-corrected chi connectivity index (χ4v) is 2.69. The van der Waals surface area contributed by atoms with Crippen LogP contribution in [0.4, 0.5) is 0 Å². The summed E-state index contributed by atoms with van der Waals surface area (Å²) >= 11 is 0. The van der Waals surface area contributed by atoms with Crippen molar-refractivity contribution in [3.05, 3.63) is 17.5 Å². The van der Waals surface area contributed by atoms with E-state index in [1.807, 2.05) is 17.8 Å². The monoisotopic (exact) mass is 264 g/mol. The van der Waals surface area contributed by atoms with E-state index in [0.29, 0.717) is 30.0 Å². The van der Waals surface area contributed by atoms with Crippen LogP contribution in [0.15, 0.2) is 6.07 Å². The van der Waals surface area contributed by atoms with Crippen molar-refractivity contribution in [2.75, 3.05) is 0 Å². The summed E-state index contributed by atoms with van der Waals surface area (Å²) in [4.78, 5) is 12.1. The van der Waals surface area contributed by atoms with E-state index in [2.05, 4.69) is 39.7 Å². The van der Waals surface area contributed by atoms with Crippen LogP contribution in [0.1, 0.15) is 58.8 Å². The van der Waals surface area contributed by atoms with Gasteiger partial charge in [-0.25, -0.2) is 0 Å². The molecule has 0 aliphatic rings. The van der Waals surface area contributed by atoms with Gasteiger partial charge in [0.25, 0.3) is 0 Å². The van der Waals surface area contributed by atoms with Gasteiger partial charge in [-0.3, -0.25) is 9.48 Å². The Morgan fingerprint density at radius 3 is 2.53 bits per heavy atom. The predicted molar refractivity (Wildman–Crippen MR) is 79.2 cm³/mol. The molecule has 0 amide bonds. The Morgan fingerprint density at radius 2 is 2.05 bits per heavy atom. The van der Waals surface area contributed by atoms with Gasteiger partial charge >= 0.3 is 0 Å². The topological polar surface area (TPSA) is 34.9 Å². The Hall–Kier alpha value is -1.12. The number of rotatable bonds is 6. The first-order chi connectivity index (χ1) is 8.71. The molecule has 0 aliphatic carbocycles. The summed E-state index contributed by atoms with van der Waals surface area (Å²) in [5.41, 5.74) is 2.39. The summed E-state index contributed by atoms with van der Waals surface area (Å²) < 4.78 is 1.84. The second-order valence-electron chi connectivity index (χ2n) is 6.89. The summed E-state index contributed by atoms with van der Waals surface area (Å²) in [5, 5.41) is 4.39. The van der Waals surface area contributed by atoms with E-state index >= 15 is 0 Å². The van der Waals surface area contributed by atoms with Gasteiger partial charge in [0.05, 0.1) is 5.69 Å². The molecule has 1 aromatic rings. The third kappa shape index (κ3) is 5.58. The third-order valence-corrected chi connectivity index (χ3v) is 3.30. The molecule has 0 N–H and O–H groups in total. The second kappa shape index (κ2) is 6.36. The molecule has 0 fully saturated rings. The standard InChI is InChI=1S/C16H28N2O/c1-7-13-9-14(18(6)17-13)10-15(19)8-12(2)11-16(3,4)5/h9,12H,7-8,10-11H2,1-6H3. The zero-order valence-corrected chi connectivity index (χ0v) is 13.3. The molecule has 0 radical (unpaired) electrons. The SMILES string of the molecule is CCc1cc(CC(=O)CC(C)CC(C)(C)C)n(C)n1. The summed E-state index contributed by atoms with van der Waals surface area (Å²) in [6.45, 7) is 10.9. The van der Waals surface area contributed by atoms with Gasteiger partial charge in [-0.2, -0.15) is 5.10 Å². The molecule has 0 aromatic carbocycles. The number of aromatic nitrogens is 2. The molecule has 0 bridgehead atoms. The summed E-state index contributed by atoms with van der Waals surface area (Å²) in [5.74, 6) is 0.772. The van der Waals surface area contributed by atoms with E-state index in [0.717, 1.165) is 24.2 Å². The lowest BCUT2D eigenvalue weighted by molar-refractivity contribution is -0.119. The van der Waals surface area contributed by atoms with Gasteiger partial charge in [0.1, 0.15) is 5.78 Å². The highest BCUT2D eigenvalue weighted by molar-refractivity contribution is 5.80. The molecule has 0 saturated carbocycles. The molecule has 1 unspecified atom stereocenters. The third-order valence-electron chi connectivity index (χ3n) is 3.30. The number of carbonyl (C=O) groups is 1. The number of hydrogen-bond acceptors (Lipinski definition) is 2. The summed E-state index contributed by atoms with van der Waals surface area (Å²) in [7, 11) is 1.92. The molecular formula is C16H28N2O. The van der Waals surface area contributed by atoms with Crippen molar-refractivity contribution in [3.8, 4) is 0 Å². The van der Waals surface area contributed by atoms with E-state index in [1.54, 1.807) is 0 Å². The molecule has 3 nitrogen and oxygen atoms in total. The largest absolute Gasteiger partial charge is 0.299 e. The average Bonchev–Trinajstić information content (AvgIpc) is 2.56. The van der Waals surface area contributed by atoms with Crippen molar-refractivity contribution < 1.29 is 4.79 Å². The smallest absolute Gasteiger partial charge is 0.139 e. The van der Waals surface area contributed by atoms with Gasteiger partial charge < -0.3 is 0 Å². The number of ketones is 1. The quantitative estimate of drug-likeness (QED) is 0.787. The van der Waals surface area contributed by atoms with E-state index in [-0.39, 0.29) is 0 Å². The van der Waals surface area contributed by atoms with Crippen LogP contribution in [0.5, 0.6) is 0 Å². The van der Waals surface area contributed by atoms with Crippen LogP contribution in [-0.2, 0) is 24.7 Å². The molecule has 108 valence electrons. The lowest BCUT2D eigenvalue weighted by Crippen LogP contribution is -2.16. The molecule has 3 heteroatoms. The Balaban J connectivity index is 2.53. The molecular weight excluding hydrogens is 236 g/mol. The number of hydrogen-bond donors (Lipinski definition) is 0. The van der Waals surface area contributed by atoms with E-state index in [1.165, 1.54) is 0 Å². The lowest BCUT2D eigenvalue weighted by Gasteiger charge is -2.22. The molecule has 0 aliphatic heterocycles. The van der Waals surface area contributed by atoms with Crippen LogP contribution in [0.2, 0.25) is 0 Å². The second-order valence-corrected chi connectivity index (χ2v) is 6.89. The van der Waals surface area contributed by atoms with Crippen LogP contribution in [0, 0.1) is 11.3 Å². The summed E-state index contributed by atoms with van der Waals surface area (Å²) in [6, 6.07) is 2.05. The Morgan fingerprint density at radius 1 is 1.42 bits per heavy atom. The first-order valence-electron chi connectivity index (χ1n) is 7.24. The minimum atomic E-state index is 0.293. The van der Waals surface area contributed by atoms with Crippen molar-refractivity contribution in [2.45, 2.75) is 60.3 Å². The van der Waals surface area contributed by atoms with Crippen molar-refractivity contribution >= 4 is 5.78 Å². The van der Waals surface area contributed by atoms with Crippen molar-refractivity contribution in [2.24, 2.45) is 18.4 Å². The normalized spacial score (nSPS) is 13.6. The Bertz CT molecular complexity index is 426. The molecule has 19 heavy (non-hydrogen) atoms. The average molecular weight is 264 g/mol. The van der Waals surface area contributed by atoms with Crippen molar-refractivity contribution in [3.63, 3.8) is 0 Å². The van der Waals surface area contributed by atoms with Gasteiger partial charge in [0.2, 0.25) is 0 Å². The van der Waals surface area contributed by atoms with Gasteiger partial charge in [-0.05, 0) is 30.2 Å². The van der Waals surface area contributed by atoms with Crippen LogP contribution in [0.3, 0.4) is 0 Å². The maximum absolute atomic E-state index is 12.1. The van der Waals surface area contributed by atoms with Gasteiger partial charge in [-0.15, -0.1) is 0 Å². The molecule has 1 atom stereocenters. The number of Topliss-reactive ketones (excluding diaryl/α,β-unsaturated/α-hetero) is 1. The van der Waals surface area contributed by atoms with Crippen LogP contribution >= 0.6 is 0 Å². The highest BCUT2D eigenvalue weighted by Crippen LogP contribution is 2.26. The van der Waals surface area contributed by atoms with E-state index < -0.39 is 0 Å². The fourth-order valence-electron chi connectivity index (χ4n) is 2.69. The number of nitrogens with zero attached hydrogens (tertiary/aromatic N) is 2. The molecule has 0 saturated heterocycles. The van der Waals surface area contributed by atoms with Crippen LogP contribution in [-0.4, -0.2) is 15.6 Å². The highest BCUT2D eigenvalue weighted by Gasteiger charge is 2.18. The number of carbonyl (C=O) groups excluding carboxylic acids is 1. The van der Waals surface area contributed by atoms with Gasteiger partial charge in [-0.1, -0.05) is 34.6 Å². The van der Waals surface area contributed by atoms with Crippen LogP contribution < -0.4 is 0 Å². The van der Waals surface area contributed by atoms with Gasteiger partial charge in [0.15, 0.2) is 0 Å². The van der Waals surface area contributed by atoms with Crippen LogP contribution in [0.25, 0.3) is 0 Å². The Labute approximate surface area is 117 Å². The fraction of sp³-hybridized carbons (Fsp3) is 0.750. The zero-order valence-electron chi connectivity index (χ0n) is 13.3. The number of aryl methyl sites for hydroxylation is 2. The maximum Gasteiger partial charge on any atom is 0.139 e. The minimum Gasteiger partial charge on any atom is -0.299 e.